The first-order valence-corrected chi connectivity index (χ1v) is 15.4. The van der Waals surface area contributed by atoms with Crippen LogP contribution in [0.25, 0.3) is 0 Å². The lowest BCUT2D eigenvalue weighted by atomic mass is 10.2. The first kappa shape index (κ1) is 28.2. The first-order valence-electron chi connectivity index (χ1n) is 12.3. The van der Waals surface area contributed by atoms with Crippen LogP contribution in [0, 0.1) is 5.82 Å². The highest BCUT2D eigenvalue weighted by molar-refractivity contribution is 7.90. The van der Waals surface area contributed by atoms with E-state index in [0.29, 0.717) is 18.1 Å². The average molecular weight is 566 g/mol. The van der Waals surface area contributed by atoms with Gasteiger partial charge in [0.1, 0.15) is 11.6 Å². The first-order chi connectivity index (χ1) is 18.0. The Labute approximate surface area is 223 Å². The topological polar surface area (TPSA) is 108 Å². The summed E-state index contributed by atoms with van der Waals surface area (Å²) in [5.41, 5.74) is 0.435. The van der Waals surface area contributed by atoms with Crippen molar-refractivity contribution in [3.05, 3.63) is 71.8 Å². The van der Waals surface area contributed by atoms with E-state index in [9.17, 15) is 21.2 Å². The number of aromatic nitrogens is 2. The van der Waals surface area contributed by atoms with Crippen molar-refractivity contribution in [2.45, 2.75) is 67.7 Å². The molecule has 1 aromatic heterocycles. The van der Waals surface area contributed by atoms with Gasteiger partial charge in [-0.1, -0.05) is 18.2 Å². The van der Waals surface area contributed by atoms with E-state index in [1.807, 2.05) is 0 Å². The second-order valence-electron chi connectivity index (χ2n) is 9.45. The minimum absolute atomic E-state index is 0.0339. The van der Waals surface area contributed by atoms with E-state index in [4.69, 9.17) is 9.47 Å². The van der Waals surface area contributed by atoms with Gasteiger partial charge in [-0.05, 0) is 57.0 Å². The number of sulfone groups is 1. The number of nitrogens with zero attached hydrogens (tertiary/aromatic N) is 3. The normalized spacial score (nSPS) is 16.4. The summed E-state index contributed by atoms with van der Waals surface area (Å²) in [6.07, 6.45) is 2.72. The molecule has 1 aliphatic heterocycles. The van der Waals surface area contributed by atoms with Crippen LogP contribution in [0.1, 0.15) is 37.9 Å². The zero-order valence-corrected chi connectivity index (χ0v) is 23.2. The number of hydrogen-bond acceptors (Lipinski definition) is 7. The van der Waals surface area contributed by atoms with Crippen molar-refractivity contribution in [3.8, 4) is 5.75 Å². The van der Waals surface area contributed by atoms with Crippen molar-refractivity contribution in [2.75, 3.05) is 13.7 Å². The van der Waals surface area contributed by atoms with Crippen LogP contribution in [0.2, 0.25) is 0 Å². The predicted octanol–water partition coefficient (Wildman–Crippen LogP) is 3.78. The maximum Gasteiger partial charge on any atom is 0.243 e. The van der Waals surface area contributed by atoms with Crippen LogP contribution in [0.3, 0.4) is 0 Å². The smallest absolute Gasteiger partial charge is 0.243 e. The van der Waals surface area contributed by atoms with Crippen LogP contribution < -0.4 is 4.74 Å². The number of sulfonamides is 1. The Bertz CT molecular complexity index is 1460. The van der Waals surface area contributed by atoms with Crippen LogP contribution in [0.5, 0.6) is 5.75 Å². The summed E-state index contributed by atoms with van der Waals surface area (Å²) in [4.78, 5) is 4.29. The number of ether oxygens (including phenoxy) is 2. The van der Waals surface area contributed by atoms with E-state index in [0.717, 1.165) is 12.8 Å². The minimum Gasteiger partial charge on any atom is -0.497 e. The Morgan fingerprint density at radius 1 is 1.13 bits per heavy atom. The fraction of sp³-hybridized carbons (Fsp3) is 0.423. The second-order valence-corrected chi connectivity index (χ2v) is 13.2. The quantitative estimate of drug-likeness (QED) is 0.348. The SMILES string of the molecule is COc1ccc(S(=O)(=O)N(Cc2cnc(S(=O)(=O)Cc3ccccc3F)n2CC2CCCO2)C(C)C)cc1. The molecule has 0 saturated carbocycles. The molecule has 12 heteroatoms. The number of benzene rings is 2. The molecule has 1 fully saturated rings. The Morgan fingerprint density at radius 3 is 2.45 bits per heavy atom. The fourth-order valence-electron chi connectivity index (χ4n) is 4.43. The van der Waals surface area contributed by atoms with Crippen molar-refractivity contribution in [1.29, 1.82) is 0 Å². The van der Waals surface area contributed by atoms with Gasteiger partial charge in [0.25, 0.3) is 0 Å². The molecule has 9 nitrogen and oxygen atoms in total. The van der Waals surface area contributed by atoms with Gasteiger partial charge in [0.15, 0.2) is 0 Å². The number of rotatable bonds is 11. The third kappa shape index (κ3) is 6.09. The van der Waals surface area contributed by atoms with Gasteiger partial charge >= 0.3 is 0 Å². The number of halogens is 1. The Kier molecular flexibility index (Phi) is 8.55. The lowest BCUT2D eigenvalue weighted by Crippen LogP contribution is -2.37. The zero-order chi connectivity index (χ0) is 27.5. The van der Waals surface area contributed by atoms with Crippen LogP contribution >= 0.6 is 0 Å². The highest BCUT2D eigenvalue weighted by Gasteiger charge is 2.32. The largest absolute Gasteiger partial charge is 0.497 e. The third-order valence-electron chi connectivity index (χ3n) is 6.45. The maximum absolute atomic E-state index is 14.3. The van der Waals surface area contributed by atoms with Gasteiger partial charge in [-0.25, -0.2) is 26.2 Å². The highest BCUT2D eigenvalue weighted by atomic mass is 32.2. The lowest BCUT2D eigenvalue weighted by Gasteiger charge is -2.27. The molecule has 4 rings (SSSR count). The van der Waals surface area contributed by atoms with Gasteiger partial charge in [-0.2, -0.15) is 4.31 Å². The molecule has 1 saturated heterocycles. The van der Waals surface area contributed by atoms with Crippen molar-refractivity contribution in [3.63, 3.8) is 0 Å². The second kappa shape index (κ2) is 11.5. The molecule has 0 amide bonds. The monoisotopic (exact) mass is 565 g/mol. The average Bonchev–Trinajstić information content (AvgIpc) is 3.54. The fourth-order valence-corrected chi connectivity index (χ4v) is 7.55. The van der Waals surface area contributed by atoms with E-state index in [2.05, 4.69) is 4.98 Å². The van der Waals surface area contributed by atoms with Crippen LogP contribution in [0.4, 0.5) is 4.39 Å². The van der Waals surface area contributed by atoms with Crippen molar-refractivity contribution in [2.24, 2.45) is 0 Å². The van der Waals surface area contributed by atoms with E-state index in [-0.39, 0.29) is 34.8 Å². The van der Waals surface area contributed by atoms with E-state index < -0.39 is 37.5 Å². The molecule has 0 radical (unpaired) electrons. The Morgan fingerprint density at radius 2 is 1.84 bits per heavy atom. The molecule has 1 aliphatic rings. The molecule has 0 aliphatic carbocycles. The summed E-state index contributed by atoms with van der Waals surface area (Å²) in [6, 6.07) is 11.3. The Balaban J connectivity index is 1.71. The summed E-state index contributed by atoms with van der Waals surface area (Å²) >= 11 is 0. The molecule has 38 heavy (non-hydrogen) atoms. The molecule has 0 bridgehead atoms. The molecule has 0 N–H and O–H groups in total. The van der Waals surface area contributed by atoms with Crippen molar-refractivity contribution in [1.82, 2.24) is 13.9 Å². The lowest BCUT2D eigenvalue weighted by molar-refractivity contribution is 0.0936. The summed E-state index contributed by atoms with van der Waals surface area (Å²) in [7, 11) is -6.51. The van der Waals surface area contributed by atoms with E-state index >= 15 is 0 Å². The minimum atomic E-state index is -4.06. The predicted molar refractivity (Wildman–Crippen MR) is 139 cm³/mol. The number of imidazole rings is 1. The molecule has 1 atom stereocenters. The Hall–Kier alpha value is -2.80. The molecular formula is C26H32FN3O6S2. The molecule has 2 heterocycles. The maximum atomic E-state index is 14.3. The molecule has 3 aromatic rings. The number of hydrogen-bond donors (Lipinski definition) is 0. The third-order valence-corrected chi connectivity index (χ3v) is 10.1. The summed E-state index contributed by atoms with van der Waals surface area (Å²) in [5.74, 6) is -0.663. The van der Waals surface area contributed by atoms with E-state index in [1.54, 1.807) is 32.0 Å². The van der Waals surface area contributed by atoms with E-state index in [1.165, 1.54) is 52.5 Å². The zero-order valence-electron chi connectivity index (χ0n) is 21.6. The van der Waals surface area contributed by atoms with Crippen molar-refractivity contribution >= 4 is 19.9 Å². The molecular weight excluding hydrogens is 533 g/mol. The van der Waals surface area contributed by atoms with Gasteiger partial charge in [0.05, 0.1) is 48.8 Å². The van der Waals surface area contributed by atoms with Gasteiger partial charge in [-0.15, -0.1) is 0 Å². The summed E-state index contributed by atoms with van der Waals surface area (Å²) < 4.78 is 82.0. The molecule has 0 spiro atoms. The highest BCUT2D eigenvalue weighted by Crippen LogP contribution is 2.27. The molecule has 206 valence electrons. The van der Waals surface area contributed by atoms with Crippen LogP contribution in [-0.2, 0) is 43.4 Å². The van der Waals surface area contributed by atoms with Crippen LogP contribution in [-0.4, -0.2) is 56.6 Å². The van der Waals surface area contributed by atoms with Gasteiger partial charge in [-0.3, -0.25) is 0 Å². The van der Waals surface area contributed by atoms with Gasteiger partial charge in [0.2, 0.25) is 25.0 Å². The van der Waals surface area contributed by atoms with Gasteiger partial charge in [0, 0.05) is 18.2 Å². The van der Waals surface area contributed by atoms with Crippen molar-refractivity contribution < 1.29 is 30.7 Å². The summed E-state index contributed by atoms with van der Waals surface area (Å²) in [5, 5.41) is -0.239. The standard InChI is InChI=1S/C26H32FN3O6S2/c1-19(2)30(38(33,34)24-12-10-22(35-3)11-13-24)16-21-15-28-26(29(21)17-23-8-6-14-36-23)37(31,32)18-20-7-4-5-9-25(20)27/h4-5,7,9-13,15,19,23H,6,8,14,16-18H2,1-3H3. The number of methoxy groups -OCH3 is 1. The molecule has 2 aromatic carbocycles. The van der Waals surface area contributed by atoms with Crippen LogP contribution in [0.15, 0.2) is 64.8 Å². The van der Waals surface area contributed by atoms with Gasteiger partial charge < -0.3 is 14.0 Å². The molecule has 1 unspecified atom stereocenters. The summed E-state index contributed by atoms with van der Waals surface area (Å²) in [6.45, 7) is 4.14.